The van der Waals surface area contributed by atoms with Gasteiger partial charge >= 0.3 is 0 Å². The SMILES string of the molecule is Cc1ccc(CC(C)NC(=O)c2ccnc(N)c2)s1. The molecule has 1 unspecified atom stereocenters. The molecule has 2 rings (SSSR count). The van der Waals surface area contributed by atoms with Gasteiger partial charge in [0.15, 0.2) is 0 Å². The molecule has 0 aliphatic carbocycles. The van der Waals surface area contributed by atoms with Crippen LogP contribution in [0.25, 0.3) is 0 Å². The average molecular weight is 275 g/mol. The average Bonchev–Trinajstić information content (AvgIpc) is 2.74. The van der Waals surface area contributed by atoms with Crippen LogP contribution in [-0.2, 0) is 6.42 Å². The lowest BCUT2D eigenvalue weighted by Crippen LogP contribution is -2.33. The summed E-state index contributed by atoms with van der Waals surface area (Å²) in [7, 11) is 0. The molecule has 4 nitrogen and oxygen atoms in total. The Morgan fingerprint density at radius 1 is 1.47 bits per heavy atom. The van der Waals surface area contributed by atoms with Crippen molar-refractivity contribution in [1.82, 2.24) is 10.3 Å². The van der Waals surface area contributed by atoms with Crippen molar-refractivity contribution in [1.29, 1.82) is 0 Å². The lowest BCUT2D eigenvalue weighted by Gasteiger charge is -2.13. The van der Waals surface area contributed by atoms with E-state index in [4.69, 9.17) is 5.73 Å². The number of anilines is 1. The zero-order valence-corrected chi connectivity index (χ0v) is 11.8. The lowest BCUT2D eigenvalue weighted by atomic mass is 10.2. The number of nitrogens with two attached hydrogens (primary N) is 1. The molecule has 100 valence electrons. The number of carbonyl (C=O) groups excluding carboxylic acids is 1. The number of aryl methyl sites for hydroxylation is 1. The van der Waals surface area contributed by atoms with E-state index in [2.05, 4.69) is 29.4 Å². The van der Waals surface area contributed by atoms with Crippen LogP contribution in [0, 0.1) is 6.92 Å². The van der Waals surface area contributed by atoms with E-state index in [1.165, 1.54) is 16.0 Å². The smallest absolute Gasteiger partial charge is 0.251 e. The molecule has 0 fully saturated rings. The van der Waals surface area contributed by atoms with Crippen molar-refractivity contribution in [3.63, 3.8) is 0 Å². The van der Waals surface area contributed by atoms with Crippen LogP contribution in [-0.4, -0.2) is 16.9 Å². The van der Waals surface area contributed by atoms with Crippen LogP contribution in [0.5, 0.6) is 0 Å². The minimum atomic E-state index is -0.116. The van der Waals surface area contributed by atoms with Gasteiger partial charge in [0.05, 0.1) is 0 Å². The summed E-state index contributed by atoms with van der Waals surface area (Å²) in [5.74, 6) is 0.240. The Hall–Kier alpha value is -1.88. The molecular formula is C14H17N3OS. The van der Waals surface area contributed by atoms with Crippen LogP contribution >= 0.6 is 11.3 Å². The second-order valence-corrected chi connectivity index (χ2v) is 5.93. The van der Waals surface area contributed by atoms with Gasteiger partial charge in [0.2, 0.25) is 0 Å². The first-order valence-corrected chi connectivity index (χ1v) is 6.94. The van der Waals surface area contributed by atoms with Crippen molar-refractivity contribution >= 4 is 23.1 Å². The first-order chi connectivity index (χ1) is 9.04. The fraction of sp³-hybridized carbons (Fsp3) is 0.286. The summed E-state index contributed by atoms with van der Waals surface area (Å²) >= 11 is 1.76. The summed E-state index contributed by atoms with van der Waals surface area (Å²) in [6, 6.07) is 7.52. The Labute approximate surface area is 116 Å². The summed E-state index contributed by atoms with van der Waals surface area (Å²) in [5, 5.41) is 2.97. The van der Waals surface area contributed by atoms with Crippen LogP contribution in [0.3, 0.4) is 0 Å². The lowest BCUT2D eigenvalue weighted by molar-refractivity contribution is 0.0940. The third-order valence-electron chi connectivity index (χ3n) is 2.72. The molecule has 2 aromatic rings. The van der Waals surface area contributed by atoms with Crippen molar-refractivity contribution in [2.75, 3.05) is 5.73 Å². The second kappa shape index (κ2) is 5.84. The molecule has 2 heterocycles. The van der Waals surface area contributed by atoms with Crippen LogP contribution in [0.2, 0.25) is 0 Å². The van der Waals surface area contributed by atoms with Gasteiger partial charge in [-0.25, -0.2) is 4.98 Å². The van der Waals surface area contributed by atoms with Crippen molar-refractivity contribution in [3.05, 3.63) is 45.8 Å². The molecule has 0 aliphatic heterocycles. The summed E-state index contributed by atoms with van der Waals surface area (Å²) < 4.78 is 0. The maximum atomic E-state index is 12.0. The van der Waals surface area contributed by atoms with E-state index in [0.29, 0.717) is 11.4 Å². The molecule has 0 aromatic carbocycles. The second-order valence-electron chi connectivity index (χ2n) is 4.56. The van der Waals surface area contributed by atoms with E-state index < -0.39 is 0 Å². The molecule has 0 aliphatic rings. The highest BCUT2D eigenvalue weighted by molar-refractivity contribution is 7.11. The predicted molar refractivity (Wildman–Crippen MR) is 78.3 cm³/mol. The number of aromatic nitrogens is 1. The molecular weight excluding hydrogens is 258 g/mol. The number of hydrogen-bond acceptors (Lipinski definition) is 4. The summed E-state index contributed by atoms with van der Waals surface area (Å²) in [5.41, 5.74) is 6.11. The normalized spacial score (nSPS) is 12.1. The molecule has 5 heteroatoms. The first kappa shape index (κ1) is 13.5. The number of thiophene rings is 1. The highest BCUT2D eigenvalue weighted by atomic mass is 32.1. The number of amides is 1. The van der Waals surface area contributed by atoms with Crippen LogP contribution in [0.4, 0.5) is 5.82 Å². The zero-order valence-electron chi connectivity index (χ0n) is 11.0. The van der Waals surface area contributed by atoms with Gasteiger partial charge in [-0.3, -0.25) is 4.79 Å². The molecule has 0 saturated carbocycles. The highest BCUT2D eigenvalue weighted by Crippen LogP contribution is 2.16. The van der Waals surface area contributed by atoms with Gasteiger partial charge < -0.3 is 11.1 Å². The molecule has 1 amide bonds. The summed E-state index contributed by atoms with van der Waals surface area (Å²) in [6.45, 7) is 4.08. The third kappa shape index (κ3) is 3.79. The molecule has 3 N–H and O–H groups in total. The molecule has 1 atom stereocenters. The van der Waals surface area contributed by atoms with Crippen LogP contribution < -0.4 is 11.1 Å². The minimum Gasteiger partial charge on any atom is -0.384 e. The summed E-state index contributed by atoms with van der Waals surface area (Å²) in [6.07, 6.45) is 2.38. The minimum absolute atomic E-state index is 0.0833. The maximum absolute atomic E-state index is 12.0. The Bertz CT molecular complexity index is 580. The van der Waals surface area contributed by atoms with Crippen molar-refractivity contribution in [2.45, 2.75) is 26.3 Å². The zero-order chi connectivity index (χ0) is 13.8. The number of nitrogens with zero attached hydrogens (tertiary/aromatic N) is 1. The standard InChI is InChI=1S/C14H17N3OS/c1-9(7-12-4-3-10(2)19-12)17-14(18)11-5-6-16-13(15)8-11/h3-6,8-9H,7H2,1-2H3,(H2,15,16)(H,17,18). The van der Waals surface area contributed by atoms with E-state index in [9.17, 15) is 4.79 Å². The van der Waals surface area contributed by atoms with Gasteiger partial charge in [-0.2, -0.15) is 0 Å². The number of nitrogen functional groups attached to an aromatic ring is 1. The molecule has 0 radical (unpaired) electrons. The van der Waals surface area contributed by atoms with E-state index in [0.717, 1.165) is 6.42 Å². The quantitative estimate of drug-likeness (QED) is 0.900. The fourth-order valence-electron chi connectivity index (χ4n) is 1.84. The Kier molecular flexibility index (Phi) is 4.16. The molecule has 0 saturated heterocycles. The third-order valence-corrected chi connectivity index (χ3v) is 3.75. The van der Waals surface area contributed by atoms with E-state index >= 15 is 0 Å². The van der Waals surface area contributed by atoms with Gasteiger partial charge in [0.25, 0.3) is 5.91 Å². The topological polar surface area (TPSA) is 68.0 Å². The number of pyridine rings is 1. The van der Waals surface area contributed by atoms with Crippen molar-refractivity contribution < 1.29 is 4.79 Å². The van der Waals surface area contributed by atoms with Crippen molar-refractivity contribution in [2.24, 2.45) is 0 Å². The first-order valence-electron chi connectivity index (χ1n) is 6.12. The maximum Gasteiger partial charge on any atom is 0.251 e. The summed E-state index contributed by atoms with van der Waals surface area (Å²) in [4.78, 5) is 18.4. The number of nitrogens with one attached hydrogen (secondary N) is 1. The predicted octanol–water partition coefficient (Wildman–Crippen LogP) is 2.39. The Balaban J connectivity index is 1.95. The van der Waals surface area contributed by atoms with Gasteiger partial charge in [-0.05, 0) is 38.1 Å². The van der Waals surface area contributed by atoms with Crippen LogP contribution in [0.15, 0.2) is 30.5 Å². The number of hydrogen-bond donors (Lipinski definition) is 2. The molecule has 19 heavy (non-hydrogen) atoms. The molecule has 0 spiro atoms. The fourth-order valence-corrected chi connectivity index (χ4v) is 2.86. The van der Waals surface area contributed by atoms with Crippen molar-refractivity contribution in [3.8, 4) is 0 Å². The van der Waals surface area contributed by atoms with Crippen LogP contribution in [0.1, 0.15) is 27.0 Å². The van der Waals surface area contributed by atoms with Gasteiger partial charge in [0, 0.05) is 34.0 Å². The van der Waals surface area contributed by atoms with E-state index in [1.54, 1.807) is 23.5 Å². The number of carbonyl (C=O) groups is 1. The monoisotopic (exact) mass is 275 g/mol. The van der Waals surface area contributed by atoms with Gasteiger partial charge in [-0.1, -0.05) is 0 Å². The largest absolute Gasteiger partial charge is 0.384 e. The van der Waals surface area contributed by atoms with E-state index in [-0.39, 0.29) is 11.9 Å². The Morgan fingerprint density at radius 2 is 2.26 bits per heavy atom. The molecule has 0 bridgehead atoms. The van der Waals surface area contributed by atoms with E-state index in [1.807, 2.05) is 6.92 Å². The number of rotatable bonds is 4. The highest BCUT2D eigenvalue weighted by Gasteiger charge is 2.11. The van der Waals surface area contributed by atoms with Gasteiger partial charge in [0.1, 0.15) is 5.82 Å². The van der Waals surface area contributed by atoms with Gasteiger partial charge in [-0.15, -0.1) is 11.3 Å². The molecule has 2 aromatic heterocycles. The Morgan fingerprint density at radius 3 is 2.89 bits per heavy atom.